The Bertz CT molecular complexity index is 1070. The van der Waals surface area contributed by atoms with E-state index >= 15 is 0 Å². The van der Waals surface area contributed by atoms with Gasteiger partial charge in [-0.3, -0.25) is 0 Å². The van der Waals surface area contributed by atoms with Crippen LogP contribution in [0.5, 0.6) is 0 Å². The molecule has 2 aromatic carbocycles. The van der Waals surface area contributed by atoms with Crippen LogP contribution in [0.4, 0.5) is 10.3 Å². The first-order valence-corrected chi connectivity index (χ1v) is 7.35. The van der Waals surface area contributed by atoms with Gasteiger partial charge in [-0.1, -0.05) is 30.3 Å². The minimum Gasteiger partial charge on any atom is -0.327 e. The molecule has 4 aromatic rings. The Hall–Kier alpha value is -3.35. The van der Waals surface area contributed by atoms with Crippen LogP contribution in [0.25, 0.3) is 22.1 Å². The van der Waals surface area contributed by atoms with E-state index in [1.807, 2.05) is 35.9 Å². The summed E-state index contributed by atoms with van der Waals surface area (Å²) in [5.41, 5.74) is 5.86. The topological polar surface area (TPSA) is 68.0 Å². The molecule has 7 heteroatoms. The second-order valence-electron chi connectivity index (χ2n) is 5.31. The van der Waals surface area contributed by atoms with Gasteiger partial charge >= 0.3 is 0 Å². The molecule has 24 heavy (non-hydrogen) atoms. The van der Waals surface area contributed by atoms with Crippen LogP contribution in [-0.2, 0) is 7.05 Å². The number of anilines is 1. The van der Waals surface area contributed by atoms with Crippen molar-refractivity contribution in [1.29, 1.82) is 0 Å². The summed E-state index contributed by atoms with van der Waals surface area (Å²) in [6.07, 6.45) is 1.50. The molecule has 2 aromatic heterocycles. The van der Waals surface area contributed by atoms with Gasteiger partial charge < -0.3 is 4.57 Å². The van der Waals surface area contributed by atoms with E-state index in [-0.39, 0.29) is 11.8 Å². The van der Waals surface area contributed by atoms with Crippen molar-refractivity contribution >= 4 is 34.2 Å². The first kappa shape index (κ1) is 14.3. The zero-order valence-corrected chi connectivity index (χ0v) is 12.8. The molecule has 1 N–H and O–H groups in total. The molecule has 6 nitrogen and oxygen atoms in total. The van der Waals surface area contributed by atoms with Gasteiger partial charge in [-0.2, -0.15) is 10.1 Å². The Balaban J connectivity index is 1.66. The van der Waals surface area contributed by atoms with Crippen molar-refractivity contribution in [2.75, 3.05) is 5.43 Å². The molecule has 0 saturated heterocycles. The summed E-state index contributed by atoms with van der Waals surface area (Å²) in [5.74, 6) is -0.0326. The summed E-state index contributed by atoms with van der Waals surface area (Å²) in [4.78, 5) is 4.45. The highest BCUT2D eigenvalue weighted by Gasteiger charge is 2.11. The zero-order valence-electron chi connectivity index (χ0n) is 12.8. The van der Waals surface area contributed by atoms with E-state index in [9.17, 15) is 4.39 Å². The molecule has 0 bridgehead atoms. The van der Waals surface area contributed by atoms with E-state index < -0.39 is 0 Å². The summed E-state index contributed by atoms with van der Waals surface area (Å²) in [6.45, 7) is 0. The highest BCUT2D eigenvalue weighted by molar-refractivity contribution is 6.04. The summed E-state index contributed by atoms with van der Waals surface area (Å²) < 4.78 is 15.1. The average molecular weight is 320 g/mol. The smallest absolute Gasteiger partial charge is 0.265 e. The third kappa shape index (κ3) is 2.45. The maximum Gasteiger partial charge on any atom is 0.265 e. The standard InChI is InChI=1S/C17H13FN6/c1-24-14-8-3-2-7-13(14)15-16(24)20-17(23-21-15)22-19-10-11-5-4-6-12(18)9-11/h2-10H,1H3,(H,20,22,23)/b19-10-. The third-order valence-corrected chi connectivity index (χ3v) is 3.73. The number of benzene rings is 2. The van der Waals surface area contributed by atoms with Crippen LogP contribution in [0.15, 0.2) is 53.6 Å². The van der Waals surface area contributed by atoms with Gasteiger partial charge in [0.1, 0.15) is 11.3 Å². The lowest BCUT2D eigenvalue weighted by Crippen LogP contribution is -2.00. The molecule has 2 heterocycles. The number of hydrogen-bond acceptors (Lipinski definition) is 5. The van der Waals surface area contributed by atoms with Crippen LogP contribution >= 0.6 is 0 Å². The number of aromatic nitrogens is 4. The first-order valence-electron chi connectivity index (χ1n) is 7.35. The molecule has 0 atom stereocenters. The molecular weight excluding hydrogens is 307 g/mol. The van der Waals surface area contributed by atoms with E-state index in [1.165, 1.54) is 18.3 Å². The number of rotatable bonds is 3. The van der Waals surface area contributed by atoms with E-state index in [0.717, 1.165) is 22.1 Å². The van der Waals surface area contributed by atoms with Crippen LogP contribution < -0.4 is 5.43 Å². The van der Waals surface area contributed by atoms with E-state index in [4.69, 9.17) is 0 Å². The normalized spacial score (nSPS) is 11.6. The SMILES string of the molecule is Cn1c2ccccc2c2nnc(N/N=C\c3cccc(F)c3)nc21. The number of fused-ring (bicyclic) bond motifs is 3. The quantitative estimate of drug-likeness (QED) is 0.465. The Morgan fingerprint density at radius 1 is 1.12 bits per heavy atom. The van der Waals surface area contributed by atoms with E-state index in [1.54, 1.807) is 12.1 Å². The highest BCUT2D eigenvalue weighted by Crippen LogP contribution is 2.24. The van der Waals surface area contributed by atoms with Crippen molar-refractivity contribution < 1.29 is 4.39 Å². The Kier molecular flexibility index (Phi) is 3.38. The molecule has 0 aliphatic heterocycles. The number of aryl methyl sites for hydroxylation is 1. The van der Waals surface area contributed by atoms with Crippen LogP contribution in [0.3, 0.4) is 0 Å². The predicted octanol–water partition coefficient (Wildman–Crippen LogP) is 3.10. The summed E-state index contributed by atoms with van der Waals surface area (Å²) >= 11 is 0. The molecular formula is C17H13FN6. The van der Waals surface area contributed by atoms with Crippen LogP contribution in [0.1, 0.15) is 5.56 Å². The minimum absolute atomic E-state index is 0.279. The van der Waals surface area contributed by atoms with E-state index in [0.29, 0.717) is 5.56 Å². The summed E-state index contributed by atoms with van der Waals surface area (Å²) in [7, 11) is 1.93. The van der Waals surface area contributed by atoms with Crippen LogP contribution in [-0.4, -0.2) is 26.0 Å². The lowest BCUT2D eigenvalue weighted by atomic mass is 10.2. The summed E-state index contributed by atoms with van der Waals surface area (Å²) in [5, 5.41) is 13.3. The fourth-order valence-electron chi connectivity index (χ4n) is 2.61. The lowest BCUT2D eigenvalue weighted by molar-refractivity contribution is 0.627. The second kappa shape index (κ2) is 5.69. The number of nitrogens with one attached hydrogen (secondary N) is 1. The van der Waals surface area contributed by atoms with Gasteiger partial charge in [0.15, 0.2) is 5.65 Å². The van der Waals surface area contributed by atoms with Crippen molar-refractivity contribution in [2.24, 2.45) is 12.1 Å². The zero-order chi connectivity index (χ0) is 16.5. The molecule has 118 valence electrons. The highest BCUT2D eigenvalue weighted by atomic mass is 19.1. The van der Waals surface area contributed by atoms with Crippen molar-refractivity contribution in [3.8, 4) is 0 Å². The molecule has 0 spiro atoms. The van der Waals surface area contributed by atoms with Crippen molar-refractivity contribution in [1.82, 2.24) is 19.7 Å². The fourth-order valence-corrected chi connectivity index (χ4v) is 2.61. The molecule has 0 saturated carbocycles. The van der Waals surface area contributed by atoms with Crippen molar-refractivity contribution in [3.63, 3.8) is 0 Å². The lowest BCUT2D eigenvalue weighted by Gasteiger charge is -1.99. The molecule has 0 amide bonds. The molecule has 0 aliphatic rings. The first-order chi connectivity index (χ1) is 11.7. The van der Waals surface area contributed by atoms with Gasteiger partial charge in [-0.15, -0.1) is 10.2 Å². The molecule has 0 aliphatic carbocycles. The van der Waals surface area contributed by atoms with Gasteiger partial charge in [0.25, 0.3) is 5.95 Å². The number of halogens is 1. The van der Waals surface area contributed by atoms with Crippen LogP contribution in [0.2, 0.25) is 0 Å². The Labute approximate surface area is 136 Å². The average Bonchev–Trinajstić information content (AvgIpc) is 2.88. The Morgan fingerprint density at radius 2 is 2.00 bits per heavy atom. The third-order valence-electron chi connectivity index (χ3n) is 3.73. The van der Waals surface area contributed by atoms with Gasteiger partial charge in [-0.05, 0) is 23.8 Å². The molecule has 0 unspecified atom stereocenters. The van der Waals surface area contributed by atoms with Gasteiger partial charge in [0.2, 0.25) is 0 Å². The number of hydrazone groups is 1. The number of nitrogens with zero attached hydrogens (tertiary/aromatic N) is 5. The largest absolute Gasteiger partial charge is 0.327 e. The number of hydrogen-bond donors (Lipinski definition) is 1. The molecule has 0 fully saturated rings. The second-order valence-corrected chi connectivity index (χ2v) is 5.31. The van der Waals surface area contributed by atoms with Gasteiger partial charge in [0.05, 0.1) is 11.7 Å². The molecule has 4 rings (SSSR count). The number of para-hydroxylation sites is 1. The Morgan fingerprint density at radius 3 is 2.88 bits per heavy atom. The maximum absolute atomic E-state index is 13.1. The molecule has 0 radical (unpaired) electrons. The summed E-state index contributed by atoms with van der Waals surface area (Å²) in [6, 6.07) is 14.1. The van der Waals surface area contributed by atoms with Gasteiger partial charge in [-0.25, -0.2) is 9.82 Å². The van der Waals surface area contributed by atoms with Gasteiger partial charge in [0, 0.05) is 12.4 Å². The van der Waals surface area contributed by atoms with E-state index in [2.05, 4.69) is 25.7 Å². The van der Waals surface area contributed by atoms with Crippen LogP contribution in [0, 0.1) is 5.82 Å². The maximum atomic E-state index is 13.1. The fraction of sp³-hybridized carbons (Fsp3) is 0.0588. The van der Waals surface area contributed by atoms with Crippen molar-refractivity contribution in [2.45, 2.75) is 0 Å². The predicted molar refractivity (Wildman–Crippen MR) is 91.4 cm³/mol. The minimum atomic E-state index is -0.311. The monoisotopic (exact) mass is 320 g/mol. The van der Waals surface area contributed by atoms with Crippen molar-refractivity contribution in [3.05, 3.63) is 59.9 Å².